The van der Waals surface area contributed by atoms with Crippen LogP contribution in [0.5, 0.6) is 11.5 Å². The molecule has 1 unspecified atom stereocenters. The summed E-state index contributed by atoms with van der Waals surface area (Å²) in [6.07, 6.45) is 5.35. The standard InChI is InChI=1S/C23H24F2N4O4.2ClH/c1-13(26)20-19(21(30)28-11-14-6-8-27-9-7-14)29-22(33-20)16-4-5-17(32-23(24)25)18(10-16)31-12-15-2-3-15;;/h4-10,13,15,23H,2-3,11-12,26H2,1H3,(H,28,30);2*1H. The zero-order valence-electron chi connectivity index (χ0n) is 18.8. The molecule has 3 aromatic rings. The number of aromatic nitrogens is 2. The molecule has 2 aromatic heterocycles. The van der Waals surface area contributed by atoms with Crippen molar-refractivity contribution in [3.63, 3.8) is 0 Å². The molecule has 1 saturated carbocycles. The van der Waals surface area contributed by atoms with Crippen molar-refractivity contribution in [2.24, 2.45) is 11.7 Å². The van der Waals surface area contributed by atoms with Crippen molar-refractivity contribution in [1.29, 1.82) is 0 Å². The van der Waals surface area contributed by atoms with Crippen LogP contribution in [0.1, 0.15) is 47.6 Å². The van der Waals surface area contributed by atoms with Gasteiger partial charge < -0.3 is 24.9 Å². The predicted octanol–water partition coefficient (Wildman–Crippen LogP) is 4.92. The smallest absolute Gasteiger partial charge is 0.387 e. The summed E-state index contributed by atoms with van der Waals surface area (Å²) in [6, 6.07) is 7.36. The molecule has 12 heteroatoms. The van der Waals surface area contributed by atoms with E-state index in [1.807, 2.05) is 0 Å². The minimum atomic E-state index is -2.98. The lowest BCUT2D eigenvalue weighted by Gasteiger charge is -2.12. The quantitative estimate of drug-likeness (QED) is 0.382. The largest absolute Gasteiger partial charge is 0.489 e. The number of pyridine rings is 1. The van der Waals surface area contributed by atoms with Crippen molar-refractivity contribution in [2.75, 3.05) is 6.61 Å². The fourth-order valence-corrected chi connectivity index (χ4v) is 3.13. The van der Waals surface area contributed by atoms with Crippen LogP contribution in [0.4, 0.5) is 8.78 Å². The van der Waals surface area contributed by atoms with Gasteiger partial charge in [-0.3, -0.25) is 9.78 Å². The van der Waals surface area contributed by atoms with Crippen LogP contribution in [-0.4, -0.2) is 29.1 Å². The number of carbonyl (C=O) groups excluding carboxylic acids is 1. The Morgan fingerprint density at radius 2 is 1.91 bits per heavy atom. The topological polar surface area (TPSA) is 113 Å². The molecule has 1 amide bonds. The van der Waals surface area contributed by atoms with Crippen LogP contribution in [0.25, 0.3) is 11.5 Å². The number of nitrogens with zero attached hydrogens (tertiary/aromatic N) is 2. The van der Waals surface area contributed by atoms with Crippen LogP contribution in [0.2, 0.25) is 0 Å². The van der Waals surface area contributed by atoms with Crippen molar-refractivity contribution in [2.45, 2.75) is 39.0 Å². The molecule has 0 saturated heterocycles. The summed E-state index contributed by atoms with van der Waals surface area (Å²) in [5, 5.41) is 2.78. The van der Waals surface area contributed by atoms with Gasteiger partial charge in [0, 0.05) is 24.5 Å². The summed E-state index contributed by atoms with van der Waals surface area (Å²) < 4.78 is 41.7. The Labute approximate surface area is 213 Å². The number of alkyl halides is 2. The van der Waals surface area contributed by atoms with Crippen molar-refractivity contribution in [3.8, 4) is 23.0 Å². The van der Waals surface area contributed by atoms with E-state index in [1.54, 1.807) is 31.5 Å². The van der Waals surface area contributed by atoms with Gasteiger partial charge in [-0.1, -0.05) is 0 Å². The number of halogens is 4. The second-order valence-corrected chi connectivity index (χ2v) is 7.85. The Morgan fingerprint density at radius 3 is 2.54 bits per heavy atom. The first kappa shape index (κ1) is 28.3. The summed E-state index contributed by atoms with van der Waals surface area (Å²) in [6.45, 7) is -0.627. The Morgan fingerprint density at radius 1 is 1.20 bits per heavy atom. The third-order valence-electron chi connectivity index (χ3n) is 5.06. The van der Waals surface area contributed by atoms with Gasteiger partial charge in [-0.25, -0.2) is 4.98 Å². The molecule has 0 bridgehead atoms. The fraction of sp³-hybridized carbons (Fsp3) is 0.348. The third kappa shape index (κ3) is 7.51. The van der Waals surface area contributed by atoms with E-state index in [9.17, 15) is 13.6 Å². The van der Waals surface area contributed by atoms with Gasteiger partial charge in [0.1, 0.15) is 0 Å². The number of hydrogen-bond donors (Lipinski definition) is 2. The first-order valence-electron chi connectivity index (χ1n) is 10.6. The normalized spacial score (nSPS) is 13.4. The van der Waals surface area contributed by atoms with Crippen LogP contribution >= 0.6 is 24.8 Å². The highest BCUT2D eigenvalue weighted by molar-refractivity contribution is 5.94. The molecule has 2 heterocycles. The maximum absolute atomic E-state index is 12.8. The second-order valence-electron chi connectivity index (χ2n) is 7.85. The van der Waals surface area contributed by atoms with Gasteiger partial charge in [-0.2, -0.15) is 8.78 Å². The molecule has 1 atom stereocenters. The molecule has 0 aliphatic heterocycles. The zero-order valence-corrected chi connectivity index (χ0v) is 20.4. The fourth-order valence-electron chi connectivity index (χ4n) is 3.13. The van der Waals surface area contributed by atoms with Crippen molar-refractivity contribution < 1.29 is 27.5 Å². The van der Waals surface area contributed by atoms with Crippen molar-refractivity contribution in [3.05, 3.63) is 59.7 Å². The highest BCUT2D eigenvalue weighted by Crippen LogP contribution is 2.37. The number of hydrogen-bond acceptors (Lipinski definition) is 7. The molecule has 0 spiro atoms. The maximum atomic E-state index is 12.8. The van der Waals surface area contributed by atoms with E-state index in [0.717, 1.165) is 18.4 Å². The molecule has 4 rings (SSSR count). The zero-order chi connectivity index (χ0) is 23.4. The van der Waals surface area contributed by atoms with Gasteiger partial charge in [-0.15, -0.1) is 24.8 Å². The lowest BCUT2D eigenvalue weighted by Crippen LogP contribution is -2.25. The molecule has 8 nitrogen and oxygen atoms in total. The molecule has 1 aromatic carbocycles. The number of nitrogens with one attached hydrogen (secondary N) is 1. The lowest BCUT2D eigenvalue weighted by molar-refractivity contribution is -0.0515. The van der Waals surface area contributed by atoms with Gasteiger partial charge in [0.05, 0.1) is 12.6 Å². The molecule has 1 aliphatic rings. The number of carbonyl (C=O) groups is 1. The number of nitrogens with two attached hydrogens (primary N) is 1. The van der Waals surface area contributed by atoms with Crippen LogP contribution in [0, 0.1) is 5.92 Å². The predicted molar refractivity (Wildman–Crippen MR) is 129 cm³/mol. The summed E-state index contributed by atoms with van der Waals surface area (Å²) >= 11 is 0. The van der Waals surface area contributed by atoms with Crippen molar-refractivity contribution >= 4 is 30.7 Å². The summed E-state index contributed by atoms with van der Waals surface area (Å²) in [7, 11) is 0. The summed E-state index contributed by atoms with van der Waals surface area (Å²) in [5.41, 5.74) is 7.37. The monoisotopic (exact) mass is 530 g/mol. The molecule has 0 radical (unpaired) electrons. The average molecular weight is 531 g/mol. The SMILES string of the molecule is CC(N)c1oc(-c2ccc(OC(F)F)c(OCC3CC3)c2)nc1C(=O)NCc1ccncc1.Cl.Cl. The van der Waals surface area contributed by atoms with Gasteiger partial charge in [0.2, 0.25) is 5.89 Å². The molecule has 35 heavy (non-hydrogen) atoms. The number of amides is 1. The molecule has 1 aliphatic carbocycles. The average Bonchev–Trinajstić information content (AvgIpc) is 3.52. The highest BCUT2D eigenvalue weighted by atomic mass is 35.5. The summed E-state index contributed by atoms with van der Waals surface area (Å²) in [4.78, 5) is 21.1. The summed E-state index contributed by atoms with van der Waals surface area (Å²) in [5.74, 6) is 0.376. The first-order chi connectivity index (χ1) is 15.9. The Bertz CT molecular complexity index is 1110. The second kappa shape index (κ2) is 12.7. The van der Waals surface area contributed by atoms with Crippen molar-refractivity contribution in [1.82, 2.24) is 15.3 Å². The minimum absolute atomic E-state index is 0. The van der Waals surface area contributed by atoms with Gasteiger partial charge in [-0.05, 0) is 61.6 Å². The van der Waals surface area contributed by atoms with E-state index in [-0.39, 0.29) is 60.2 Å². The van der Waals surface area contributed by atoms with Gasteiger partial charge in [0.25, 0.3) is 5.91 Å². The number of ether oxygens (including phenoxy) is 2. The Kier molecular flexibility index (Phi) is 10.2. The molecule has 1 fully saturated rings. The Balaban J connectivity index is 0.00000216. The van der Waals surface area contributed by atoms with Crippen LogP contribution < -0.4 is 20.5 Å². The molecular formula is C23H26Cl2F2N4O4. The number of oxazole rings is 1. The minimum Gasteiger partial charge on any atom is -0.489 e. The van der Waals surface area contributed by atoms with E-state index in [2.05, 4.69) is 20.0 Å². The Hall–Kier alpha value is -2.95. The number of benzene rings is 1. The van der Waals surface area contributed by atoms with Crippen LogP contribution in [-0.2, 0) is 6.54 Å². The third-order valence-corrected chi connectivity index (χ3v) is 5.06. The van der Waals surface area contributed by atoms with Gasteiger partial charge in [0.15, 0.2) is 23.0 Å². The van der Waals surface area contributed by atoms with E-state index >= 15 is 0 Å². The highest BCUT2D eigenvalue weighted by Gasteiger charge is 2.26. The van der Waals surface area contributed by atoms with Crippen LogP contribution in [0.3, 0.4) is 0 Å². The van der Waals surface area contributed by atoms with Crippen LogP contribution in [0.15, 0.2) is 47.1 Å². The van der Waals surface area contributed by atoms with E-state index in [4.69, 9.17) is 14.9 Å². The molecule has 3 N–H and O–H groups in total. The maximum Gasteiger partial charge on any atom is 0.387 e. The van der Waals surface area contributed by atoms with E-state index < -0.39 is 18.6 Å². The van der Waals surface area contributed by atoms with Gasteiger partial charge >= 0.3 is 6.61 Å². The lowest BCUT2D eigenvalue weighted by atomic mass is 10.2. The van der Waals surface area contributed by atoms with E-state index in [0.29, 0.717) is 18.1 Å². The molecular weight excluding hydrogens is 505 g/mol. The van der Waals surface area contributed by atoms with E-state index in [1.165, 1.54) is 18.2 Å². The molecule has 190 valence electrons. The first-order valence-corrected chi connectivity index (χ1v) is 10.6. The number of rotatable bonds is 10.